The lowest BCUT2D eigenvalue weighted by atomic mass is 9.79. The molecule has 0 amide bonds. The molecule has 1 aromatic rings. The van der Waals surface area contributed by atoms with Gasteiger partial charge < -0.3 is 10.5 Å². The second-order valence-electron chi connectivity index (χ2n) is 5.16. The third kappa shape index (κ3) is 3.08. The summed E-state index contributed by atoms with van der Waals surface area (Å²) < 4.78 is 5.88. The fourth-order valence-electron chi connectivity index (χ4n) is 2.21. The van der Waals surface area contributed by atoms with Gasteiger partial charge in [0.05, 0.1) is 6.61 Å². The van der Waals surface area contributed by atoms with Crippen LogP contribution in [0.25, 0.3) is 0 Å². The van der Waals surface area contributed by atoms with Crippen LogP contribution in [-0.4, -0.2) is 19.8 Å². The van der Waals surface area contributed by atoms with E-state index in [9.17, 15) is 0 Å². The fraction of sp³-hybridized carbons (Fsp3) is 0.600. The van der Waals surface area contributed by atoms with E-state index in [0.717, 1.165) is 25.6 Å². The molecule has 1 aliphatic carbocycles. The maximum absolute atomic E-state index is 6.00. The van der Waals surface area contributed by atoms with Gasteiger partial charge in [0, 0.05) is 18.6 Å². The number of nitrogens with two attached hydrogens (primary N) is 1. The first-order chi connectivity index (χ1) is 8.30. The standard InChI is InChI=1S/C15H23NO/c1-2-15(11-16,12-17-10-13-8-9-13)14-6-4-3-5-7-14/h3-7,13H,2,8-12,16H2,1H3. The Labute approximate surface area is 104 Å². The molecule has 0 radical (unpaired) electrons. The molecule has 1 aromatic carbocycles. The Morgan fingerprint density at radius 1 is 1.29 bits per heavy atom. The first kappa shape index (κ1) is 12.6. The highest BCUT2D eigenvalue weighted by molar-refractivity contribution is 5.26. The second kappa shape index (κ2) is 5.65. The highest BCUT2D eigenvalue weighted by atomic mass is 16.5. The van der Waals surface area contributed by atoms with E-state index >= 15 is 0 Å². The fourth-order valence-corrected chi connectivity index (χ4v) is 2.21. The lowest BCUT2D eigenvalue weighted by Gasteiger charge is -2.31. The van der Waals surface area contributed by atoms with Crippen molar-refractivity contribution in [3.05, 3.63) is 35.9 Å². The van der Waals surface area contributed by atoms with Gasteiger partial charge in [0.2, 0.25) is 0 Å². The summed E-state index contributed by atoms with van der Waals surface area (Å²) in [5.74, 6) is 0.818. The lowest BCUT2D eigenvalue weighted by Crippen LogP contribution is -2.39. The molecule has 1 atom stereocenters. The zero-order valence-corrected chi connectivity index (χ0v) is 10.7. The van der Waals surface area contributed by atoms with Crippen molar-refractivity contribution in [3.8, 4) is 0 Å². The molecule has 94 valence electrons. The molecule has 1 saturated carbocycles. The molecule has 0 aliphatic heterocycles. The molecule has 17 heavy (non-hydrogen) atoms. The monoisotopic (exact) mass is 233 g/mol. The van der Waals surface area contributed by atoms with Crippen molar-refractivity contribution >= 4 is 0 Å². The van der Waals surface area contributed by atoms with E-state index in [1.807, 2.05) is 6.07 Å². The predicted molar refractivity (Wildman–Crippen MR) is 71.0 cm³/mol. The average molecular weight is 233 g/mol. The van der Waals surface area contributed by atoms with Crippen molar-refractivity contribution in [2.45, 2.75) is 31.6 Å². The van der Waals surface area contributed by atoms with E-state index in [1.54, 1.807) is 0 Å². The number of ether oxygens (including phenoxy) is 1. The lowest BCUT2D eigenvalue weighted by molar-refractivity contribution is 0.0753. The molecule has 2 rings (SSSR count). The minimum Gasteiger partial charge on any atom is -0.380 e. The van der Waals surface area contributed by atoms with Crippen LogP contribution >= 0.6 is 0 Å². The summed E-state index contributed by atoms with van der Waals surface area (Å²) >= 11 is 0. The Morgan fingerprint density at radius 2 is 2.00 bits per heavy atom. The van der Waals surface area contributed by atoms with Crippen LogP contribution in [0.2, 0.25) is 0 Å². The highest BCUT2D eigenvalue weighted by Gasteiger charge is 2.30. The van der Waals surface area contributed by atoms with Gasteiger partial charge in [0.15, 0.2) is 0 Å². The van der Waals surface area contributed by atoms with Gasteiger partial charge in [-0.2, -0.15) is 0 Å². The Kier molecular flexibility index (Phi) is 4.19. The summed E-state index contributed by atoms with van der Waals surface area (Å²) in [4.78, 5) is 0. The molecule has 1 fully saturated rings. The SMILES string of the molecule is CCC(CN)(COCC1CC1)c1ccccc1. The summed E-state index contributed by atoms with van der Waals surface area (Å²) in [7, 11) is 0. The van der Waals surface area contributed by atoms with Gasteiger partial charge in [-0.05, 0) is 30.7 Å². The first-order valence-corrected chi connectivity index (χ1v) is 6.64. The van der Waals surface area contributed by atoms with E-state index in [0.29, 0.717) is 6.54 Å². The van der Waals surface area contributed by atoms with E-state index in [2.05, 4.69) is 31.2 Å². The summed E-state index contributed by atoms with van der Waals surface area (Å²) in [6.07, 6.45) is 3.71. The molecule has 2 heteroatoms. The zero-order valence-electron chi connectivity index (χ0n) is 10.7. The van der Waals surface area contributed by atoms with Gasteiger partial charge in [-0.15, -0.1) is 0 Å². The summed E-state index contributed by atoms with van der Waals surface area (Å²) in [6, 6.07) is 10.5. The smallest absolute Gasteiger partial charge is 0.0575 e. The maximum Gasteiger partial charge on any atom is 0.0575 e. The van der Waals surface area contributed by atoms with Crippen LogP contribution in [-0.2, 0) is 10.2 Å². The van der Waals surface area contributed by atoms with E-state index in [-0.39, 0.29) is 5.41 Å². The van der Waals surface area contributed by atoms with Crippen molar-refractivity contribution in [3.63, 3.8) is 0 Å². The Bertz CT molecular complexity index is 328. The summed E-state index contributed by atoms with van der Waals surface area (Å²) in [5.41, 5.74) is 7.31. The normalized spacial score (nSPS) is 18.9. The van der Waals surface area contributed by atoms with Crippen LogP contribution in [0.15, 0.2) is 30.3 Å². The van der Waals surface area contributed by atoms with Gasteiger partial charge in [-0.3, -0.25) is 0 Å². The molecule has 1 aliphatic rings. The van der Waals surface area contributed by atoms with Crippen LogP contribution in [0.5, 0.6) is 0 Å². The molecule has 2 N–H and O–H groups in total. The predicted octanol–water partition coefficient (Wildman–Crippen LogP) is 2.72. The summed E-state index contributed by atoms with van der Waals surface area (Å²) in [6.45, 7) is 4.51. The molecular weight excluding hydrogens is 210 g/mol. The highest BCUT2D eigenvalue weighted by Crippen LogP contribution is 2.31. The number of hydrogen-bond acceptors (Lipinski definition) is 2. The van der Waals surface area contributed by atoms with E-state index in [4.69, 9.17) is 10.5 Å². The molecule has 0 saturated heterocycles. The van der Waals surface area contributed by atoms with Crippen LogP contribution in [0.1, 0.15) is 31.7 Å². The minimum absolute atomic E-state index is 0.00382. The van der Waals surface area contributed by atoms with Gasteiger partial charge in [-0.25, -0.2) is 0 Å². The van der Waals surface area contributed by atoms with E-state index in [1.165, 1.54) is 18.4 Å². The largest absolute Gasteiger partial charge is 0.380 e. The molecule has 0 spiro atoms. The third-order valence-corrected chi connectivity index (χ3v) is 3.88. The van der Waals surface area contributed by atoms with Crippen molar-refractivity contribution in [1.82, 2.24) is 0 Å². The van der Waals surface area contributed by atoms with Crippen LogP contribution in [0, 0.1) is 5.92 Å². The Balaban J connectivity index is 2.01. The molecule has 0 bridgehead atoms. The van der Waals surface area contributed by atoms with Crippen LogP contribution in [0.4, 0.5) is 0 Å². The summed E-state index contributed by atoms with van der Waals surface area (Å²) in [5, 5.41) is 0. The Morgan fingerprint density at radius 3 is 2.53 bits per heavy atom. The molecule has 1 unspecified atom stereocenters. The van der Waals surface area contributed by atoms with Crippen LogP contribution < -0.4 is 5.73 Å². The quantitative estimate of drug-likeness (QED) is 0.786. The van der Waals surface area contributed by atoms with Gasteiger partial charge in [0.1, 0.15) is 0 Å². The van der Waals surface area contributed by atoms with Crippen molar-refractivity contribution in [2.24, 2.45) is 11.7 Å². The van der Waals surface area contributed by atoms with Crippen LogP contribution in [0.3, 0.4) is 0 Å². The topological polar surface area (TPSA) is 35.2 Å². The minimum atomic E-state index is -0.00382. The maximum atomic E-state index is 6.00. The van der Waals surface area contributed by atoms with Crippen molar-refractivity contribution in [2.75, 3.05) is 19.8 Å². The average Bonchev–Trinajstić information content (AvgIpc) is 3.20. The van der Waals surface area contributed by atoms with Gasteiger partial charge in [-0.1, -0.05) is 37.3 Å². The first-order valence-electron chi connectivity index (χ1n) is 6.64. The Hall–Kier alpha value is -0.860. The molecule has 0 heterocycles. The van der Waals surface area contributed by atoms with Gasteiger partial charge in [0.25, 0.3) is 0 Å². The van der Waals surface area contributed by atoms with Crippen molar-refractivity contribution in [1.29, 1.82) is 0 Å². The molecule has 2 nitrogen and oxygen atoms in total. The third-order valence-electron chi connectivity index (χ3n) is 3.88. The zero-order chi connectivity index (χ0) is 12.1. The van der Waals surface area contributed by atoms with E-state index < -0.39 is 0 Å². The number of benzene rings is 1. The number of rotatable bonds is 7. The molecule has 0 aromatic heterocycles. The van der Waals surface area contributed by atoms with Crippen molar-refractivity contribution < 1.29 is 4.74 Å². The van der Waals surface area contributed by atoms with Gasteiger partial charge >= 0.3 is 0 Å². The second-order valence-corrected chi connectivity index (χ2v) is 5.16. The number of hydrogen-bond donors (Lipinski definition) is 1. The molecular formula is C15H23NO.